The largest absolute Gasteiger partial charge is 0.324 e. The van der Waals surface area contributed by atoms with Crippen molar-refractivity contribution >= 4 is 33.2 Å². The number of hydrogen-bond acceptors (Lipinski definition) is 3. The minimum atomic E-state index is 0.0543. The van der Waals surface area contributed by atoms with Crippen LogP contribution in [0, 0.1) is 0 Å². The fraction of sp³-hybridized carbons (Fsp3) is 0.188. The standard InChI is InChI=1S/C16H15ClN2S/c17-12-7-4-8-14-16(12)20-15(19-14)10-9-13(18)11-5-2-1-3-6-11/h1-8,13H,9-10,18H2. The zero-order chi connectivity index (χ0) is 13.9. The molecule has 0 amide bonds. The molecule has 1 atom stereocenters. The lowest BCUT2D eigenvalue weighted by Crippen LogP contribution is -2.10. The van der Waals surface area contributed by atoms with E-state index in [1.165, 1.54) is 5.56 Å². The Bertz CT molecular complexity index is 709. The molecule has 2 aromatic carbocycles. The smallest absolute Gasteiger partial charge is 0.0939 e. The lowest BCUT2D eigenvalue weighted by atomic mass is 10.0. The third-order valence-electron chi connectivity index (χ3n) is 3.31. The van der Waals surface area contributed by atoms with E-state index < -0.39 is 0 Å². The predicted molar refractivity (Wildman–Crippen MR) is 86.3 cm³/mol. The van der Waals surface area contributed by atoms with Crippen LogP contribution in [-0.4, -0.2) is 4.98 Å². The van der Waals surface area contributed by atoms with E-state index >= 15 is 0 Å². The first-order valence-electron chi connectivity index (χ1n) is 6.58. The van der Waals surface area contributed by atoms with Crippen LogP contribution in [-0.2, 0) is 6.42 Å². The van der Waals surface area contributed by atoms with Crippen LogP contribution in [0.4, 0.5) is 0 Å². The number of fused-ring (bicyclic) bond motifs is 1. The number of rotatable bonds is 4. The molecule has 2 N–H and O–H groups in total. The molecule has 0 aliphatic heterocycles. The van der Waals surface area contributed by atoms with Gasteiger partial charge in [-0.3, -0.25) is 0 Å². The van der Waals surface area contributed by atoms with Crippen molar-refractivity contribution in [2.45, 2.75) is 18.9 Å². The van der Waals surface area contributed by atoms with Crippen molar-refractivity contribution in [2.24, 2.45) is 5.73 Å². The number of benzene rings is 2. The molecule has 2 nitrogen and oxygen atoms in total. The molecule has 0 aliphatic rings. The van der Waals surface area contributed by atoms with Crippen LogP contribution >= 0.6 is 22.9 Å². The van der Waals surface area contributed by atoms with Gasteiger partial charge in [0.1, 0.15) is 0 Å². The third kappa shape index (κ3) is 2.85. The first-order chi connectivity index (χ1) is 9.74. The normalized spacial score (nSPS) is 12.7. The van der Waals surface area contributed by atoms with Crippen LogP contribution in [0.5, 0.6) is 0 Å². The maximum atomic E-state index is 6.22. The Balaban J connectivity index is 1.72. The highest BCUT2D eigenvalue weighted by Crippen LogP contribution is 2.30. The van der Waals surface area contributed by atoms with Crippen molar-refractivity contribution < 1.29 is 0 Å². The summed E-state index contributed by atoms with van der Waals surface area (Å²) >= 11 is 7.84. The van der Waals surface area contributed by atoms with Gasteiger partial charge >= 0.3 is 0 Å². The number of thiazole rings is 1. The summed E-state index contributed by atoms with van der Waals surface area (Å²) in [6, 6.07) is 16.1. The maximum Gasteiger partial charge on any atom is 0.0939 e. The molecule has 0 bridgehead atoms. The van der Waals surface area contributed by atoms with Crippen LogP contribution in [0.3, 0.4) is 0 Å². The van der Waals surface area contributed by atoms with Gasteiger partial charge < -0.3 is 5.73 Å². The van der Waals surface area contributed by atoms with E-state index in [9.17, 15) is 0 Å². The van der Waals surface area contributed by atoms with Crippen molar-refractivity contribution in [1.82, 2.24) is 4.98 Å². The van der Waals surface area contributed by atoms with Gasteiger partial charge in [-0.2, -0.15) is 0 Å². The Morgan fingerprint density at radius 2 is 1.90 bits per heavy atom. The molecule has 3 aromatic rings. The minimum absolute atomic E-state index is 0.0543. The highest BCUT2D eigenvalue weighted by atomic mass is 35.5. The molecule has 0 spiro atoms. The molecular weight excluding hydrogens is 288 g/mol. The molecule has 1 unspecified atom stereocenters. The molecule has 3 rings (SSSR count). The number of nitrogens with zero attached hydrogens (tertiary/aromatic N) is 1. The van der Waals surface area contributed by atoms with Gasteiger partial charge in [-0.15, -0.1) is 11.3 Å². The highest BCUT2D eigenvalue weighted by Gasteiger charge is 2.10. The first kappa shape index (κ1) is 13.6. The Labute approximate surface area is 127 Å². The number of nitrogens with two attached hydrogens (primary N) is 1. The van der Waals surface area contributed by atoms with Crippen molar-refractivity contribution in [3.05, 3.63) is 64.1 Å². The fourth-order valence-corrected chi connectivity index (χ4v) is 3.48. The second-order valence-electron chi connectivity index (χ2n) is 4.75. The van der Waals surface area contributed by atoms with E-state index in [-0.39, 0.29) is 6.04 Å². The number of halogens is 1. The summed E-state index contributed by atoms with van der Waals surface area (Å²) in [5, 5.41) is 1.87. The van der Waals surface area contributed by atoms with Crippen molar-refractivity contribution in [1.29, 1.82) is 0 Å². The van der Waals surface area contributed by atoms with E-state index in [4.69, 9.17) is 17.3 Å². The molecule has 0 saturated heterocycles. The van der Waals surface area contributed by atoms with E-state index in [0.717, 1.165) is 33.1 Å². The topological polar surface area (TPSA) is 38.9 Å². The molecule has 0 radical (unpaired) electrons. The van der Waals surface area contributed by atoms with Crippen LogP contribution in [0.2, 0.25) is 5.02 Å². The summed E-state index contributed by atoms with van der Waals surface area (Å²) in [7, 11) is 0. The molecule has 0 aliphatic carbocycles. The summed E-state index contributed by atoms with van der Waals surface area (Å²) in [6.45, 7) is 0. The van der Waals surface area contributed by atoms with Gasteiger partial charge in [0.2, 0.25) is 0 Å². The minimum Gasteiger partial charge on any atom is -0.324 e. The molecule has 4 heteroatoms. The van der Waals surface area contributed by atoms with Crippen LogP contribution in [0.1, 0.15) is 23.0 Å². The Morgan fingerprint density at radius 3 is 2.65 bits per heavy atom. The van der Waals surface area contributed by atoms with Crippen molar-refractivity contribution in [2.75, 3.05) is 0 Å². The SMILES string of the molecule is NC(CCc1nc2cccc(Cl)c2s1)c1ccccc1. The summed E-state index contributed by atoms with van der Waals surface area (Å²) in [5.41, 5.74) is 8.37. The van der Waals surface area contributed by atoms with Gasteiger partial charge in [0, 0.05) is 12.5 Å². The van der Waals surface area contributed by atoms with Gasteiger partial charge in [0.15, 0.2) is 0 Å². The monoisotopic (exact) mass is 302 g/mol. The number of hydrogen-bond donors (Lipinski definition) is 1. The van der Waals surface area contributed by atoms with Gasteiger partial charge in [-0.1, -0.05) is 48.0 Å². The van der Waals surface area contributed by atoms with Crippen LogP contribution in [0.25, 0.3) is 10.2 Å². The Morgan fingerprint density at radius 1 is 1.10 bits per heavy atom. The average Bonchev–Trinajstić information content (AvgIpc) is 2.90. The molecule has 0 saturated carbocycles. The predicted octanol–water partition coefficient (Wildman–Crippen LogP) is 4.58. The summed E-state index contributed by atoms with van der Waals surface area (Å²) in [4.78, 5) is 4.62. The summed E-state index contributed by atoms with van der Waals surface area (Å²) in [5.74, 6) is 0. The van der Waals surface area contributed by atoms with Gasteiger partial charge in [-0.25, -0.2) is 4.98 Å². The molecule has 1 heterocycles. The average molecular weight is 303 g/mol. The van der Waals surface area contributed by atoms with E-state index in [1.54, 1.807) is 11.3 Å². The Kier molecular flexibility index (Phi) is 4.01. The van der Waals surface area contributed by atoms with E-state index in [1.807, 2.05) is 36.4 Å². The lowest BCUT2D eigenvalue weighted by molar-refractivity contribution is 0.650. The first-order valence-corrected chi connectivity index (χ1v) is 7.78. The van der Waals surface area contributed by atoms with E-state index in [2.05, 4.69) is 17.1 Å². The van der Waals surface area contributed by atoms with Crippen molar-refractivity contribution in [3.8, 4) is 0 Å². The second-order valence-corrected chi connectivity index (χ2v) is 6.24. The van der Waals surface area contributed by atoms with Gasteiger partial charge in [-0.05, 0) is 24.1 Å². The maximum absolute atomic E-state index is 6.22. The van der Waals surface area contributed by atoms with Crippen LogP contribution < -0.4 is 5.73 Å². The highest BCUT2D eigenvalue weighted by molar-refractivity contribution is 7.19. The van der Waals surface area contributed by atoms with Gasteiger partial charge in [0.05, 0.1) is 20.2 Å². The second kappa shape index (κ2) is 5.92. The number of aryl methyl sites for hydroxylation is 1. The molecule has 0 fully saturated rings. The zero-order valence-electron chi connectivity index (χ0n) is 10.9. The fourth-order valence-electron chi connectivity index (χ4n) is 2.21. The molecular formula is C16H15ClN2S. The van der Waals surface area contributed by atoms with Gasteiger partial charge in [0.25, 0.3) is 0 Å². The Hall–Kier alpha value is -1.42. The van der Waals surface area contributed by atoms with Crippen LogP contribution in [0.15, 0.2) is 48.5 Å². The quantitative estimate of drug-likeness (QED) is 0.766. The summed E-state index contributed by atoms with van der Waals surface area (Å²) in [6.07, 6.45) is 1.77. The van der Waals surface area contributed by atoms with E-state index in [0.29, 0.717) is 0 Å². The number of aromatic nitrogens is 1. The summed E-state index contributed by atoms with van der Waals surface area (Å²) < 4.78 is 1.07. The van der Waals surface area contributed by atoms with Crippen molar-refractivity contribution in [3.63, 3.8) is 0 Å². The molecule has 102 valence electrons. The molecule has 1 aromatic heterocycles. The zero-order valence-corrected chi connectivity index (χ0v) is 12.5. The lowest BCUT2D eigenvalue weighted by Gasteiger charge is -2.10. The molecule has 20 heavy (non-hydrogen) atoms. The third-order valence-corrected chi connectivity index (χ3v) is 4.90.